The molecule has 3 rings (SSSR count). The minimum Gasteiger partial charge on any atom is -0.355 e. The molecule has 1 heterocycles. The summed E-state index contributed by atoms with van der Waals surface area (Å²) in [6.45, 7) is 6.88. The van der Waals surface area contributed by atoms with Crippen LogP contribution in [0.4, 0.5) is 0 Å². The largest absolute Gasteiger partial charge is 0.355 e. The van der Waals surface area contributed by atoms with E-state index >= 15 is 0 Å². The molecular formula is C22H30IN5S. The number of hydrogen-bond donors (Lipinski definition) is 2. The summed E-state index contributed by atoms with van der Waals surface area (Å²) in [5.41, 5.74) is 4.69. The van der Waals surface area contributed by atoms with E-state index in [0.29, 0.717) is 0 Å². The minimum absolute atomic E-state index is 0. The van der Waals surface area contributed by atoms with E-state index in [2.05, 4.69) is 81.7 Å². The molecule has 0 bridgehead atoms. The number of thioether (sulfide) groups is 1. The van der Waals surface area contributed by atoms with Crippen LogP contribution in [0.15, 0.2) is 59.9 Å². The summed E-state index contributed by atoms with van der Waals surface area (Å²) in [6.07, 6.45) is 4.04. The van der Waals surface area contributed by atoms with Gasteiger partial charge in [0.15, 0.2) is 5.96 Å². The number of fused-ring (bicyclic) bond motifs is 1. The van der Waals surface area contributed by atoms with Crippen molar-refractivity contribution in [1.82, 2.24) is 20.2 Å². The lowest BCUT2D eigenvalue weighted by Gasteiger charge is -2.23. The van der Waals surface area contributed by atoms with Gasteiger partial charge in [-0.1, -0.05) is 36.4 Å². The standard InChI is InChI=1S/C22H29N5S.HI/c1-22(2,28-4)15-25-21(23-3)24-13-17-9-11-18(12-10-17)14-27-16-26-19-7-5-6-8-20(19)27;/h5-12,16H,13-15H2,1-4H3,(H2,23,24,25);1H. The van der Waals surface area contributed by atoms with Crippen molar-refractivity contribution in [3.63, 3.8) is 0 Å². The molecule has 0 fully saturated rings. The Hall–Kier alpha value is -1.74. The fourth-order valence-electron chi connectivity index (χ4n) is 2.87. The monoisotopic (exact) mass is 523 g/mol. The molecule has 2 N–H and O–H groups in total. The van der Waals surface area contributed by atoms with Crippen molar-refractivity contribution in [2.75, 3.05) is 19.8 Å². The van der Waals surface area contributed by atoms with Crippen molar-refractivity contribution in [3.05, 3.63) is 66.0 Å². The zero-order chi connectivity index (χ0) is 20.0. The summed E-state index contributed by atoms with van der Waals surface area (Å²) in [6, 6.07) is 16.9. The SMILES string of the molecule is CN=C(NCc1ccc(Cn2cnc3ccccc32)cc1)NCC(C)(C)SC.I. The lowest BCUT2D eigenvalue weighted by atomic mass is 10.1. The van der Waals surface area contributed by atoms with E-state index in [0.717, 1.165) is 36.6 Å². The van der Waals surface area contributed by atoms with Gasteiger partial charge in [-0.3, -0.25) is 4.99 Å². The number of para-hydroxylation sites is 2. The molecule has 0 amide bonds. The zero-order valence-corrected chi connectivity index (χ0v) is 20.6. The summed E-state index contributed by atoms with van der Waals surface area (Å²) in [5, 5.41) is 6.78. The predicted molar refractivity (Wildman–Crippen MR) is 136 cm³/mol. The van der Waals surface area contributed by atoms with Crippen molar-refractivity contribution >= 4 is 52.7 Å². The summed E-state index contributed by atoms with van der Waals surface area (Å²) in [7, 11) is 1.81. The quantitative estimate of drug-likeness (QED) is 0.272. The highest BCUT2D eigenvalue weighted by Gasteiger charge is 2.16. The Labute approximate surface area is 194 Å². The molecule has 5 nitrogen and oxygen atoms in total. The molecule has 0 saturated heterocycles. The maximum Gasteiger partial charge on any atom is 0.191 e. The molecule has 0 aliphatic carbocycles. The van der Waals surface area contributed by atoms with Gasteiger partial charge in [0.2, 0.25) is 0 Å². The van der Waals surface area contributed by atoms with Crippen molar-refractivity contribution in [3.8, 4) is 0 Å². The van der Waals surface area contributed by atoms with E-state index in [-0.39, 0.29) is 28.7 Å². The number of aliphatic imine (C=N–C) groups is 1. The van der Waals surface area contributed by atoms with Crippen LogP contribution < -0.4 is 10.6 Å². The van der Waals surface area contributed by atoms with Crippen LogP contribution in [-0.2, 0) is 13.1 Å². The van der Waals surface area contributed by atoms with Crippen molar-refractivity contribution in [1.29, 1.82) is 0 Å². The molecule has 156 valence electrons. The van der Waals surface area contributed by atoms with E-state index in [1.54, 1.807) is 7.05 Å². The highest BCUT2D eigenvalue weighted by molar-refractivity contribution is 14.0. The number of rotatable bonds is 7. The first-order valence-electron chi connectivity index (χ1n) is 9.48. The summed E-state index contributed by atoms with van der Waals surface area (Å²) >= 11 is 1.85. The van der Waals surface area contributed by atoms with Gasteiger partial charge in [-0.05, 0) is 43.4 Å². The smallest absolute Gasteiger partial charge is 0.191 e. The van der Waals surface area contributed by atoms with E-state index < -0.39 is 0 Å². The second-order valence-corrected chi connectivity index (χ2v) is 8.93. The van der Waals surface area contributed by atoms with E-state index in [1.165, 1.54) is 11.1 Å². The number of benzene rings is 2. The molecule has 0 unspecified atom stereocenters. The molecule has 0 aliphatic rings. The average Bonchev–Trinajstić information content (AvgIpc) is 3.12. The number of nitrogens with one attached hydrogen (secondary N) is 2. The van der Waals surface area contributed by atoms with Crippen LogP contribution in [0.1, 0.15) is 25.0 Å². The zero-order valence-electron chi connectivity index (χ0n) is 17.5. The Balaban J connectivity index is 0.00000300. The molecule has 0 aliphatic heterocycles. The summed E-state index contributed by atoms with van der Waals surface area (Å²) in [4.78, 5) is 8.77. The fourth-order valence-corrected chi connectivity index (χ4v) is 3.09. The highest BCUT2D eigenvalue weighted by atomic mass is 127. The van der Waals surface area contributed by atoms with Crippen LogP contribution in [0.2, 0.25) is 0 Å². The van der Waals surface area contributed by atoms with Crippen LogP contribution in [0.3, 0.4) is 0 Å². The number of imidazole rings is 1. The van der Waals surface area contributed by atoms with Crippen LogP contribution in [-0.4, -0.2) is 40.1 Å². The van der Waals surface area contributed by atoms with Gasteiger partial charge in [0.1, 0.15) is 0 Å². The first-order valence-corrected chi connectivity index (χ1v) is 10.7. The van der Waals surface area contributed by atoms with Crippen LogP contribution >= 0.6 is 35.7 Å². The third-order valence-corrected chi connectivity index (χ3v) is 6.07. The van der Waals surface area contributed by atoms with Gasteiger partial charge in [-0.2, -0.15) is 11.8 Å². The Kier molecular flexibility index (Phi) is 8.82. The normalized spacial score (nSPS) is 11.9. The Bertz CT molecular complexity index is 934. The van der Waals surface area contributed by atoms with E-state index in [9.17, 15) is 0 Å². The van der Waals surface area contributed by atoms with Crippen molar-refractivity contribution in [2.24, 2.45) is 4.99 Å². The van der Waals surface area contributed by atoms with Gasteiger partial charge < -0.3 is 15.2 Å². The maximum absolute atomic E-state index is 4.46. The summed E-state index contributed by atoms with van der Waals surface area (Å²) in [5.74, 6) is 0.830. The van der Waals surface area contributed by atoms with Gasteiger partial charge in [-0.25, -0.2) is 4.98 Å². The highest BCUT2D eigenvalue weighted by Crippen LogP contribution is 2.19. The first kappa shape index (κ1) is 23.5. The lowest BCUT2D eigenvalue weighted by Crippen LogP contribution is -2.42. The summed E-state index contributed by atoms with van der Waals surface area (Å²) < 4.78 is 2.36. The van der Waals surface area contributed by atoms with Gasteiger partial charge in [0.05, 0.1) is 17.4 Å². The lowest BCUT2D eigenvalue weighted by molar-refractivity contribution is 0.664. The topological polar surface area (TPSA) is 54.2 Å². The maximum atomic E-state index is 4.46. The number of hydrogen-bond acceptors (Lipinski definition) is 3. The van der Waals surface area contributed by atoms with Crippen molar-refractivity contribution < 1.29 is 0 Å². The van der Waals surface area contributed by atoms with Gasteiger partial charge >= 0.3 is 0 Å². The van der Waals surface area contributed by atoms with E-state index in [1.807, 2.05) is 30.2 Å². The number of aromatic nitrogens is 2. The Morgan fingerprint density at radius 3 is 2.45 bits per heavy atom. The van der Waals surface area contributed by atoms with Gasteiger partial charge in [0.25, 0.3) is 0 Å². The van der Waals surface area contributed by atoms with E-state index in [4.69, 9.17) is 0 Å². The number of halogens is 1. The predicted octanol–water partition coefficient (Wildman–Crippen LogP) is 4.51. The molecule has 0 saturated carbocycles. The molecule has 1 aromatic heterocycles. The van der Waals surface area contributed by atoms with Crippen LogP contribution in [0, 0.1) is 0 Å². The second kappa shape index (κ2) is 10.9. The molecule has 0 radical (unpaired) electrons. The molecule has 0 atom stereocenters. The molecule has 2 aromatic carbocycles. The number of guanidine groups is 1. The molecule has 0 spiro atoms. The second-order valence-electron chi connectivity index (χ2n) is 7.42. The molecule has 3 aromatic rings. The Morgan fingerprint density at radius 1 is 1.07 bits per heavy atom. The molecule has 7 heteroatoms. The number of nitrogens with zero attached hydrogens (tertiary/aromatic N) is 3. The average molecular weight is 523 g/mol. The van der Waals surface area contributed by atoms with Gasteiger partial charge in [-0.15, -0.1) is 24.0 Å². The Morgan fingerprint density at radius 2 is 1.76 bits per heavy atom. The molecule has 29 heavy (non-hydrogen) atoms. The third kappa shape index (κ3) is 6.64. The minimum atomic E-state index is 0. The molecular weight excluding hydrogens is 493 g/mol. The fraction of sp³-hybridized carbons (Fsp3) is 0.364. The first-order chi connectivity index (χ1) is 13.5. The van der Waals surface area contributed by atoms with Crippen molar-refractivity contribution in [2.45, 2.75) is 31.7 Å². The van der Waals surface area contributed by atoms with Crippen LogP contribution in [0.5, 0.6) is 0 Å². The van der Waals surface area contributed by atoms with Gasteiger partial charge in [0, 0.05) is 31.4 Å². The third-order valence-electron chi connectivity index (χ3n) is 4.82. The van der Waals surface area contributed by atoms with Crippen LogP contribution in [0.25, 0.3) is 11.0 Å².